The first-order valence-electron chi connectivity index (χ1n) is 7.81. The first-order valence-corrected chi connectivity index (χ1v) is 8.77. The summed E-state index contributed by atoms with van der Waals surface area (Å²) in [4.78, 5) is 11.3. The minimum absolute atomic E-state index is 0.0498. The van der Waals surface area contributed by atoms with Gasteiger partial charge in [0.1, 0.15) is 11.5 Å². The van der Waals surface area contributed by atoms with Crippen molar-refractivity contribution in [2.24, 2.45) is 11.8 Å². The third-order valence-electron chi connectivity index (χ3n) is 4.49. The fourth-order valence-corrected chi connectivity index (χ4v) is 3.71. The van der Waals surface area contributed by atoms with Crippen LogP contribution in [-0.4, -0.2) is 11.4 Å². The Hall–Kier alpha value is -1.06. The summed E-state index contributed by atoms with van der Waals surface area (Å²) in [7, 11) is 2.36. The monoisotopic (exact) mass is 376 g/mol. The van der Waals surface area contributed by atoms with Crippen LogP contribution in [0.5, 0.6) is 0 Å². The Balaban J connectivity index is 1.88. The lowest BCUT2D eigenvalue weighted by atomic mass is 9.88. The van der Waals surface area contributed by atoms with Gasteiger partial charge in [-0.3, -0.25) is 4.79 Å². The van der Waals surface area contributed by atoms with E-state index < -0.39 is 17.0 Å². The second-order valence-corrected chi connectivity index (χ2v) is 7.28. The molecule has 0 bridgehead atoms. The fourth-order valence-electron chi connectivity index (χ4n) is 3.11. The van der Waals surface area contributed by atoms with Crippen molar-refractivity contribution in [3.05, 3.63) is 46.2 Å². The maximum absolute atomic E-state index is 13.1. The molecule has 0 radical (unpaired) electrons. The molecule has 130 valence electrons. The number of carbonyl (C=O) groups excluding carboxylic acids is 1. The summed E-state index contributed by atoms with van der Waals surface area (Å²) in [5.74, 6) is 1.12. The first kappa shape index (κ1) is 17.8. The average molecular weight is 377 g/mol. The number of alkyl halides is 3. The topological polar surface area (TPSA) is 26.3 Å². The molecule has 2 unspecified atom stereocenters. The summed E-state index contributed by atoms with van der Waals surface area (Å²) in [6, 6.07) is 0. The Morgan fingerprint density at radius 3 is 2.58 bits per heavy atom. The summed E-state index contributed by atoms with van der Waals surface area (Å²) in [6.07, 6.45) is 3.16. The van der Waals surface area contributed by atoms with Crippen molar-refractivity contribution in [2.45, 2.75) is 38.3 Å². The van der Waals surface area contributed by atoms with Gasteiger partial charge >= 0.3 is 6.18 Å². The number of halogens is 4. The molecular formula is C17H17ClF3O2P. The van der Waals surface area contributed by atoms with Crippen LogP contribution in [0.25, 0.3) is 0 Å². The van der Waals surface area contributed by atoms with Crippen LogP contribution >= 0.6 is 20.8 Å². The molecule has 0 heterocycles. The van der Waals surface area contributed by atoms with Gasteiger partial charge in [0.2, 0.25) is 0 Å². The largest absolute Gasteiger partial charge is 0.465 e. The zero-order valence-corrected chi connectivity index (χ0v) is 14.7. The van der Waals surface area contributed by atoms with Crippen LogP contribution in [0, 0.1) is 11.8 Å². The van der Waals surface area contributed by atoms with Crippen LogP contribution in [0.2, 0.25) is 0 Å². The van der Waals surface area contributed by atoms with Crippen LogP contribution in [0.3, 0.4) is 0 Å². The predicted octanol–water partition coefficient (Wildman–Crippen LogP) is 5.38. The van der Waals surface area contributed by atoms with Crippen LogP contribution in [-0.2, 0) is 9.53 Å². The standard InChI is InChI=1S/C17H17ClF3O2P/c18-16(22)10-2-1-3-12(6-10)23-15-13(9-4-5-9)7-11(8-14(15)24)17(19,20)21/h2,6,8-9,13H,1,3-5,7,24H2. The highest BCUT2D eigenvalue weighted by atomic mass is 35.5. The molecule has 2 nitrogen and oxygen atoms in total. The van der Waals surface area contributed by atoms with E-state index in [2.05, 4.69) is 9.24 Å². The quantitative estimate of drug-likeness (QED) is 0.486. The molecule has 1 saturated carbocycles. The zero-order chi connectivity index (χ0) is 17.5. The maximum Gasteiger partial charge on any atom is 0.412 e. The van der Waals surface area contributed by atoms with E-state index in [1.54, 1.807) is 12.2 Å². The second-order valence-electron chi connectivity index (χ2n) is 6.32. The van der Waals surface area contributed by atoms with Crippen LogP contribution < -0.4 is 0 Å². The number of ether oxygens (including phenoxy) is 1. The summed E-state index contributed by atoms with van der Waals surface area (Å²) >= 11 is 5.49. The van der Waals surface area contributed by atoms with Gasteiger partial charge in [-0.2, -0.15) is 13.2 Å². The van der Waals surface area contributed by atoms with Gasteiger partial charge in [-0.1, -0.05) is 6.08 Å². The SMILES string of the molecule is O=C(Cl)C1=CCCC(OC2=C(P)C=C(C(F)(F)F)CC2C2CC2)=C1. The van der Waals surface area contributed by atoms with E-state index in [0.29, 0.717) is 35.2 Å². The van der Waals surface area contributed by atoms with E-state index in [0.717, 1.165) is 18.9 Å². The molecule has 2 atom stereocenters. The van der Waals surface area contributed by atoms with Gasteiger partial charge in [-0.05, 0) is 55.4 Å². The highest BCUT2D eigenvalue weighted by Gasteiger charge is 2.44. The number of rotatable bonds is 4. The fraction of sp³-hybridized carbons (Fsp3) is 0.471. The Morgan fingerprint density at radius 2 is 2.00 bits per heavy atom. The average Bonchev–Trinajstić information content (AvgIpc) is 3.33. The van der Waals surface area contributed by atoms with Crippen LogP contribution in [0.4, 0.5) is 13.2 Å². The first-order chi connectivity index (χ1) is 11.3. The molecule has 24 heavy (non-hydrogen) atoms. The van der Waals surface area contributed by atoms with Gasteiger partial charge in [0.15, 0.2) is 0 Å². The molecule has 0 N–H and O–H groups in total. The Labute approximate surface area is 145 Å². The molecule has 3 rings (SSSR count). The van der Waals surface area contributed by atoms with Crippen LogP contribution in [0.1, 0.15) is 32.1 Å². The van der Waals surface area contributed by atoms with Crippen molar-refractivity contribution >= 4 is 26.1 Å². The predicted molar refractivity (Wildman–Crippen MR) is 89.1 cm³/mol. The van der Waals surface area contributed by atoms with Gasteiger partial charge in [0.25, 0.3) is 5.24 Å². The van der Waals surface area contributed by atoms with Crippen molar-refractivity contribution in [2.75, 3.05) is 0 Å². The molecule has 0 aliphatic heterocycles. The minimum atomic E-state index is -4.31. The summed E-state index contributed by atoms with van der Waals surface area (Å²) < 4.78 is 45.2. The molecule has 3 aliphatic rings. The van der Waals surface area contributed by atoms with Gasteiger partial charge < -0.3 is 4.74 Å². The summed E-state index contributed by atoms with van der Waals surface area (Å²) in [5.41, 5.74) is -0.139. The molecule has 0 aromatic carbocycles. The third-order valence-corrected chi connectivity index (χ3v) is 5.15. The number of hydrogen-bond donors (Lipinski definition) is 0. The molecule has 0 aromatic rings. The molecular weight excluding hydrogens is 360 g/mol. The van der Waals surface area contributed by atoms with Crippen LogP contribution in [0.15, 0.2) is 46.2 Å². The molecule has 3 aliphatic carbocycles. The van der Waals surface area contributed by atoms with Crippen molar-refractivity contribution in [3.63, 3.8) is 0 Å². The second kappa shape index (κ2) is 6.68. The van der Waals surface area contributed by atoms with Gasteiger partial charge in [0.05, 0.1) is 0 Å². The maximum atomic E-state index is 13.1. The van der Waals surface area contributed by atoms with Crippen molar-refractivity contribution < 1.29 is 22.7 Å². The van der Waals surface area contributed by atoms with Crippen molar-refractivity contribution in [1.29, 1.82) is 0 Å². The summed E-state index contributed by atoms with van der Waals surface area (Å²) in [5, 5.41) is -0.128. The van der Waals surface area contributed by atoms with E-state index in [1.165, 1.54) is 0 Å². The number of allylic oxidation sites excluding steroid dienone is 8. The molecule has 0 saturated heterocycles. The van der Waals surface area contributed by atoms with E-state index in [1.807, 2.05) is 0 Å². The van der Waals surface area contributed by atoms with Gasteiger partial charge in [-0.15, -0.1) is 9.24 Å². The van der Waals surface area contributed by atoms with Crippen molar-refractivity contribution in [3.8, 4) is 0 Å². The normalized spacial score (nSPS) is 25.0. The lowest BCUT2D eigenvalue weighted by molar-refractivity contribution is -0.108. The van der Waals surface area contributed by atoms with E-state index in [9.17, 15) is 18.0 Å². The number of hydrogen-bond acceptors (Lipinski definition) is 2. The Kier molecular flexibility index (Phi) is 4.94. The van der Waals surface area contributed by atoms with E-state index >= 15 is 0 Å². The summed E-state index contributed by atoms with van der Waals surface area (Å²) in [6.45, 7) is 0. The molecule has 0 amide bonds. The molecule has 1 fully saturated rings. The highest BCUT2D eigenvalue weighted by Crippen LogP contribution is 2.50. The molecule has 7 heteroatoms. The zero-order valence-electron chi connectivity index (χ0n) is 12.8. The molecule has 0 aromatic heterocycles. The van der Waals surface area contributed by atoms with E-state index in [4.69, 9.17) is 16.3 Å². The Morgan fingerprint density at radius 1 is 1.29 bits per heavy atom. The van der Waals surface area contributed by atoms with E-state index in [-0.39, 0.29) is 18.3 Å². The van der Waals surface area contributed by atoms with Crippen molar-refractivity contribution in [1.82, 2.24) is 0 Å². The molecule has 0 spiro atoms. The number of carbonyl (C=O) groups is 1. The smallest absolute Gasteiger partial charge is 0.412 e. The lowest BCUT2D eigenvalue weighted by Crippen LogP contribution is -2.22. The lowest BCUT2D eigenvalue weighted by Gasteiger charge is -2.29. The third kappa shape index (κ3) is 3.94. The van der Waals surface area contributed by atoms with Gasteiger partial charge in [-0.25, -0.2) is 0 Å². The highest BCUT2D eigenvalue weighted by molar-refractivity contribution is 7.23. The minimum Gasteiger partial charge on any atom is -0.465 e. The Bertz CT molecular complexity index is 684. The van der Waals surface area contributed by atoms with Gasteiger partial charge in [0, 0.05) is 28.8 Å².